The van der Waals surface area contributed by atoms with Crippen LogP contribution >= 0.6 is 0 Å². The summed E-state index contributed by atoms with van der Waals surface area (Å²) in [5.74, 6) is 0.564. The molecule has 5 aromatic rings. The first-order chi connectivity index (χ1) is 18.0. The summed E-state index contributed by atoms with van der Waals surface area (Å²) >= 11 is 0. The Balaban J connectivity index is 1.59. The highest BCUT2D eigenvalue weighted by atomic mass is 16.5. The summed E-state index contributed by atoms with van der Waals surface area (Å²) in [5.41, 5.74) is 7.17. The number of hydrogen-bond donors (Lipinski definition) is 1. The number of carbonyl (C=O) groups is 1. The van der Waals surface area contributed by atoms with E-state index in [0.29, 0.717) is 11.4 Å². The van der Waals surface area contributed by atoms with E-state index in [1.54, 1.807) is 11.8 Å². The van der Waals surface area contributed by atoms with Crippen LogP contribution in [0.2, 0.25) is 0 Å². The van der Waals surface area contributed by atoms with Crippen LogP contribution in [-0.2, 0) is 0 Å². The average molecular weight is 488 g/mol. The second kappa shape index (κ2) is 10.5. The molecule has 0 aliphatic carbocycles. The molecule has 5 heteroatoms. The van der Waals surface area contributed by atoms with Crippen LogP contribution in [0.15, 0.2) is 109 Å². The second-order valence-electron chi connectivity index (χ2n) is 9.07. The van der Waals surface area contributed by atoms with Crippen LogP contribution in [0.1, 0.15) is 38.8 Å². The van der Waals surface area contributed by atoms with Crippen molar-refractivity contribution < 1.29 is 9.53 Å². The van der Waals surface area contributed by atoms with Crippen LogP contribution in [-0.4, -0.2) is 22.8 Å². The van der Waals surface area contributed by atoms with E-state index in [9.17, 15) is 4.79 Å². The minimum Gasteiger partial charge on any atom is -0.497 e. The molecule has 0 spiro atoms. The fraction of sp³-hybridized carbons (Fsp3) is 0.125. The van der Waals surface area contributed by atoms with Crippen molar-refractivity contribution in [1.82, 2.24) is 15.1 Å². The molecule has 37 heavy (non-hydrogen) atoms. The van der Waals surface area contributed by atoms with Gasteiger partial charge in [0.1, 0.15) is 11.4 Å². The van der Waals surface area contributed by atoms with Crippen LogP contribution in [0.4, 0.5) is 0 Å². The van der Waals surface area contributed by atoms with E-state index >= 15 is 0 Å². The number of aryl methyl sites for hydroxylation is 2. The van der Waals surface area contributed by atoms with Gasteiger partial charge in [-0.15, -0.1) is 0 Å². The van der Waals surface area contributed by atoms with Gasteiger partial charge >= 0.3 is 0 Å². The second-order valence-corrected chi connectivity index (χ2v) is 9.07. The van der Waals surface area contributed by atoms with Crippen molar-refractivity contribution in [2.75, 3.05) is 7.11 Å². The van der Waals surface area contributed by atoms with E-state index in [4.69, 9.17) is 9.84 Å². The average Bonchev–Trinajstić information content (AvgIpc) is 3.38. The van der Waals surface area contributed by atoms with Crippen LogP contribution in [0.5, 0.6) is 5.75 Å². The molecule has 0 saturated heterocycles. The number of ether oxygens (including phenoxy) is 1. The van der Waals surface area contributed by atoms with Gasteiger partial charge in [-0.3, -0.25) is 4.79 Å². The normalized spacial score (nSPS) is 10.9. The molecule has 0 aliphatic rings. The van der Waals surface area contributed by atoms with Crippen molar-refractivity contribution in [3.05, 3.63) is 137 Å². The molecule has 0 unspecified atom stereocenters. The van der Waals surface area contributed by atoms with Crippen molar-refractivity contribution >= 4 is 5.91 Å². The Morgan fingerprint density at radius 1 is 0.811 bits per heavy atom. The summed E-state index contributed by atoms with van der Waals surface area (Å²) in [6.45, 7) is 4.09. The van der Waals surface area contributed by atoms with Crippen molar-refractivity contribution in [3.8, 4) is 22.7 Å². The van der Waals surface area contributed by atoms with Gasteiger partial charge in [0.15, 0.2) is 0 Å². The molecule has 5 rings (SSSR count). The smallest absolute Gasteiger partial charge is 0.270 e. The maximum absolute atomic E-state index is 13.9. The van der Waals surface area contributed by atoms with E-state index in [-0.39, 0.29) is 11.9 Å². The summed E-state index contributed by atoms with van der Waals surface area (Å²) in [6.07, 6.45) is 0. The Hall–Kier alpha value is -4.64. The lowest BCUT2D eigenvalue weighted by molar-refractivity contribution is 0.0935. The molecule has 4 aromatic carbocycles. The highest BCUT2D eigenvalue weighted by molar-refractivity contribution is 5.95. The van der Waals surface area contributed by atoms with Gasteiger partial charge in [-0.1, -0.05) is 78.4 Å². The van der Waals surface area contributed by atoms with Crippen molar-refractivity contribution in [2.24, 2.45) is 0 Å². The molecule has 1 N–H and O–H groups in total. The number of aromatic nitrogens is 2. The Morgan fingerprint density at radius 2 is 1.43 bits per heavy atom. The van der Waals surface area contributed by atoms with E-state index in [2.05, 4.69) is 18.3 Å². The first kappa shape index (κ1) is 24.1. The van der Waals surface area contributed by atoms with E-state index < -0.39 is 0 Å². The van der Waals surface area contributed by atoms with E-state index in [1.165, 1.54) is 0 Å². The fourth-order valence-corrected chi connectivity index (χ4v) is 4.53. The van der Waals surface area contributed by atoms with Gasteiger partial charge in [-0.05, 0) is 66.9 Å². The standard InChI is InChI=1S/C32H29N3O2/c1-22-14-19-29(23(2)20-22)35-30(21-28(34-35)24-15-17-27(37-3)18-16-24)32(36)33-31(25-10-6-4-7-11-25)26-12-8-5-9-13-26/h4-21,31H,1-3H3,(H,33,36). The highest BCUT2D eigenvalue weighted by Crippen LogP contribution is 2.27. The zero-order chi connectivity index (χ0) is 25.8. The zero-order valence-corrected chi connectivity index (χ0v) is 21.2. The van der Waals surface area contributed by atoms with Gasteiger partial charge in [-0.2, -0.15) is 5.10 Å². The lowest BCUT2D eigenvalue weighted by Crippen LogP contribution is -2.31. The summed E-state index contributed by atoms with van der Waals surface area (Å²) < 4.78 is 7.05. The minimum atomic E-state index is -0.304. The lowest BCUT2D eigenvalue weighted by Gasteiger charge is -2.20. The zero-order valence-electron chi connectivity index (χ0n) is 21.2. The number of nitrogens with zero attached hydrogens (tertiary/aromatic N) is 2. The summed E-state index contributed by atoms with van der Waals surface area (Å²) in [4.78, 5) is 13.9. The van der Waals surface area contributed by atoms with E-state index in [0.717, 1.165) is 39.3 Å². The van der Waals surface area contributed by atoms with Gasteiger partial charge < -0.3 is 10.1 Å². The minimum absolute atomic E-state index is 0.204. The molecular weight excluding hydrogens is 458 g/mol. The van der Waals surface area contributed by atoms with Crippen LogP contribution in [0, 0.1) is 13.8 Å². The van der Waals surface area contributed by atoms with Crippen LogP contribution in [0.3, 0.4) is 0 Å². The maximum atomic E-state index is 13.9. The van der Waals surface area contributed by atoms with Gasteiger partial charge in [0.25, 0.3) is 5.91 Å². The summed E-state index contributed by atoms with van der Waals surface area (Å²) in [6, 6.07) is 35.4. The monoisotopic (exact) mass is 487 g/mol. The number of nitrogens with one attached hydrogen (secondary N) is 1. The lowest BCUT2D eigenvalue weighted by atomic mass is 9.98. The third kappa shape index (κ3) is 5.16. The Morgan fingerprint density at radius 3 is 2.00 bits per heavy atom. The predicted octanol–water partition coefficient (Wildman–Crippen LogP) is 6.68. The molecule has 1 amide bonds. The van der Waals surface area contributed by atoms with Crippen LogP contribution < -0.4 is 10.1 Å². The first-order valence-electron chi connectivity index (χ1n) is 12.3. The summed E-state index contributed by atoms with van der Waals surface area (Å²) in [5, 5.41) is 8.16. The molecule has 1 aromatic heterocycles. The largest absolute Gasteiger partial charge is 0.497 e. The molecule has 0 saturated carbocycles. The molecule has 1 heterocycles. The molecule has 0 bridgehead atoms. The number of rotatable bonds is 7. The van der Waals surface area contributed by atoms with E-state index in [1.807, 2.05) is 110 Å². The quantitative estimate of drug-likeness (QED) is 0.278. The fourth-order valence-electron chi connectivity index (χ4n) is 4.53. The third-order valence-corrected chi connectivity index (χ3v) is 6.45. The number of carbonyl (C=O) groups excluding carboxylic acids is 1. The Labute approximate surface area is 217 Å². The van der Waals surface area contributed by atoms with Gasteiger partial charge in [-0.25, -0.2) is 4.68 Å². The van der Waals surface area contributed by atoms with Crippen LogP contribution in [0.25, 0.3) is 16.9 Å². The Bertz CT molecular complexity index is 1470. The Kier molecular flexibility index (Phi) is 6.86. The predicted molar refractivity (Wildman–Crippen MR) is 147 cm³/mol. The number of hydrogen-bond acceptors (Lipinski definition) is 3. The van der Waals surface area contributed by atoms with Gasteiger partial charge in [0.05, 0.1) is 24.5 Å². The SMILES string of the molecule is COc1ccc(-c2cc(C(=O)NC(c3ccccc3)c3ccccc3)n(-c3ccc(C)cc3C)n2)cc1. The number of benzene rings is 4. The third-order valence-electron chi connectivity index (χ3n) is 6.45. The van der Waals surface area contributed by atoms with Gasteiger partial charge in [0, 0.05) is 5.56 Å². The highest BCUT2D eigenvalue weighted by Gasteiger charge is 2.23. The molecule has 0 radical (unpaired) electrons. The van der Waals surface area contributed by atoms with Crippen molar-refractivity contribution in [1.29, 1.82) is 0 Å². The number of methoxy groups -OCH3 is 1. The molecule has 0 fully saturated rings. The molecule has 5 nitrogen and oxygen atoms in total. The molecular formula is C32H29N3O2. The molecule has 184 valence electrons. The number of amides is 1. The van der Waals surface area contributed by atoms with Gasteiger partial charge in [0.2, 0.25) is 0 Å². The summed E-state index contributed by atoms with van der Waals surface area (Å²) in [7, 11) is 1.64. The van der Waals surface area contributed by atoms with Crippen molar-refractivity contribution in [3.63, 3.8) is 0 Å². The van der Waals surface area contributed by atoms with Crippen molar-refractivity contribution in [2.45, 2.75) is 19.9 Å². The topological polar surface area (TPSA) is 56.1 Å². The first-order valence-corrected chi connectivity index (χ1v) is 12.3. The maximum Gasteiger partial charge on any atom is 0.270 e. The molecule has 0 aliphatic heterocycles. The molecule has 0 atom stereocenters.